The maximum Gasteiger partial charge on any atom is 0.0366 e. The van der Waals surface area contributed by atoms with E-state index in [9.17, 15) is 0 Å². The van der Waals surface area contributed by atoms with E-state index in [-0.39, 0.29) is 0 Å². The number of nitrogen functional groups attached to an aromatic ring is 1. The van der Waals surface area contributed by atoms with Gasteiger partial charge in [-0.3, -0.25) is 4.90 Å². The molecular weight excluding hydrogens is 208 g/mol. The molecule has 1 saturated heterocycles. The van der Waals surface area contributed by atoms with Crippen LogP contribution in [0.2, 0.25) is 0 Å². The van der Waals surface area contributed by atoms with Crippen LogP contribution in [0.5, 0.6) is 0 Å². The van der Waals surface area contributed by atoms with E-state index < -0.39 is 0 Å². The van der Waals surface area contributed by atoms with Gasteiger partial charge >= 0.3 is 0 Å². The molecule has 0 aliphatic carbocycles. The van der Waals surface area contributed by atoms with Crippen LogP contribution in [0.1, 0.15) is 18.4 Å². The molecule has 1 heterocycles. The summed E-state index contributed by atoms with van der Waals surface area (Å²) in [7, 11) is 0. The topological polar surface area (TPSA) is 29.3 Å². The summed E-state index contributed by atoms with van der Waals surface area (Å²) in [5.41, 5.74) is 8.33. The van der Waals surface area contributed by atoms with E-state index in [1.807, 2.05) is 0 Å². The molecule has 0 spiro atoms. The normalized spacial score (nSPS) is 16.7. The van der Waals surface area contributed by atoms with Gasteiger partial charge in [-0.05, 0) is 54.4 Å². The van der Waals surface area contributed by atoms with E-state index in [1.165, 1.54) is 42.3 Å². The Bertz CT molecular complexity index is 527. The van der Waals surface area contributed by atoms with Crippen LogP contribution >= 0.6 is 0 Å². The van der Waals surface area contributed by atoms with E-state index in [0.29, 0.717) is 0 Å². The highest BCUT2D eigenvalue weighted by atomic mass is 15.1. The summed E-state index contributed by atoms with van der Waals surface area (Å²) in [6.45, 7) is 3.43. The third-order valence-corrected chi connectivity index (χ3v) is 3.60. The standard InChI is InChI=1S/C15H18N2/c16-15-10-13-6-2-1-5-12(13)9-14(15)11-17-7-3-4-8-17/h1-2,5-6,9-10H,3-4,7-8,11,16H2. The zero-order valence-electron chi connectivity index (χ0n) is 10.0. The number of hydrogen-bond acceptors (Lipinski definition) is 2. The van der Waals surface area contributed by atoms with Crippen molar-refractivity contribution in [2.45, 2.75) is 19.4 Å². The quantitative estimate of drug-likeness (QED) is 0.798. The molecule has 2 heteroatoms. The second-order valence-electron chi connectivity index (χ2n) is 4.88. The fourth-order valence-electron chi connectivity index (χ4n) is 2.62. The van der Waals surface area contributed by atoms with Gasteiger partial charge in [-0.15, -0.1) is 0 Å². The molecule has 0 amide bonds. The number of hydrogen-bond donors (Lipinski definition) is 1. The first kappa shape index (κ1) is 10.6. The molecule has 0 aromatic heterocycles. The fourth-order valence-corrected chi connectivity index (χ4v) is 2.62. The summed E-state index contributed by atoms with van der Waals surface area (Å²) in [4.78, 5) is 2.49. The van der Waals surface area contributed by atoms with Crippen molar-refractivity contribution in [3.63, 3.8) is 0 Å². The van der Waals surface area contributed by atoms with Gasteiger partial charge < -0.3 is 5.73 Å². The lowest BCUT2D eigenvalue weighted by atomic mass is 10.0. The Kier molecular flexibility index (Phi) is 2.73. The van der Waals surface area contributed by atoms with E-state index in [4.69, 9.17) is 5.73 Å². The molecule has 2 N–H and O–H groups in total. The van der Waals surface area contributed by atoms with Crippen molar-refractivity contribution < 1.29 is 0 Å². The van der Waals surface area contributed by atoms with Crippen LogP contribution in [0, 0.1) is 0 Å². The summed E-state index contributed by atoms with van der Waals surface area (Å²) in [5.74, 6) is 0. The molecule has 2 aromatic rings. The van der Waals surface area contributed by atoms with Crippen LogP contribution < -0.4 is 5.73 Å². The maximum absolute atomic E-state index is 6.14. The lowest BCUT2D eigenvalue weighted by Crippen LogP contribution is -2.19. The fraction of sp³-hybridized carbons (Fsp3) is 0.333. The van der Waals surface area contributed by atoms with Crippen molar-refractivity contribution in [1.29, 1.82) is 0 Å². The molecule has 0 saturated carbocycles. The Morgan fingerprint density at radius 1 is 1.00 bits per heavy atom. The van der Waals surface area contributed by atoms with Crippen LogP contribution in [-0.4, -0.2) is 18.0 Å². The molecule has 1 aliphatic rings. The highest BCUT2D eigenvalue weighted by molar-refractivity contribution is 5.86. The molecule has 2 aromatic carbocycles. The molecule has 88 valence electrons. The van der Waals surface area contributed by atoms with E-state index in [0.717, 1.165) is 12.2 Å². The number of rotatable bonds is 2. The first-order valence-corrected chi connectivity index (χ1v) is 6.32. The Hall–Kier alpha value is -1.54. The summed E-state index contributed by atoms with van der Waals surface area (Å²) < 4.78 is 0. The predicted molar refractivity (Wildman–Crippen MR) is 72.9 cm³/mol. The first-order chi connectivity index (χ1) is 8.33. The van der Waals surface area contributed by atoms with E-state index in [2.05, 4.69) is 41.3 Å². The molecular formula is C15H18N2. The van der Waals surface area contributed by atoms with Gasteiger partial charge in [0.2, 0.25) is 0 Å². The van der Waals surface area contributed by atoms with Crippen molar-refractivity contribution in [1.82, 2.24) is 4.90 Å². The van der Waals surface area contributed by atoms with Gasteiger partial charge in [0.25, 0.3) is 0 Å². The average Bonchev–Trinajstić information content (AvgIpc) is 2.83. The smallest absolute Gasteiger partial charge is 0.0366 e. The molecule has 17 heavy (non-hydrogen) atoms. The van der Waals surface area contributed by atoms with Crippen molar-refractivity contribution in [2.24, 2.45) is 0 Å². The number of benzene rings is 2. The molecule has 0 radical (unpaired) electrons. The SMILES string of the molecule is Nc1cc2ccccc2cc1CN1CCCC1. The monoisotopic (exact) mass is 226 g/mol. The van der Waals surface area contributed by atoms with Crippen molar-refractivity contribution in [2.75, 3.05) is 18.8 Å². The van der Waals surface area contributed by atoms with Crippen molar-refractivity contribution >= 4 is 16.5 Å². The number of likely N-dealkylation sites (tertiary alicyclic amines) is 1. The van der Waals surface area contributed by atoms with Crippen LogP contribution in [0.15, 0.2) is 36.4 Å². The summed E-state index contributed by atoms with van der Waals surface area (Å²) in [6.07, 6.45) is 2.65. The lowest BCUT2D eigenvalue weighted by Gasteiger charge is -2.16. The van der Waals surface area contributed by atoms with Crippen LogP contribution in [0.3, 0.4) is 0 Å². The third-order valence-electron chi connectivity index (χ3n) is 3.60. The number of nitrogens with zero attached hydrogens (tertiary/aromatic N) is 1. The molecule has 1 fully saturated rings. The second kappa shape index (κ2) is 4.38. The van der Waals surface area contributed by atoms with E-state index >= 15 is 0 Å². The molecule has 3 rings (SSSR count). The van der Waals surface area contributed by atoms with Crippen LogP contribution in [0.4, 0.5) is 5.69 Å². The molecule has 0 bridgehead atoms. The first-order valence-electron chi connectivity index (χ1n) is 6.32. The number of fused-ring (bicyclic) bond motifs is 1. The zero-order chi connectivity index (χ0) is 11.7. The van der Waals surface area contributed by atoms with Crippen molar-refractivity contribution in [3.8, 4) is 0 Å². The maximum atomic E-state index is 6.14. The molecule has 0 unspecified atom stereocenters. The van der Waals surface area contributed by atoms with Gasteiger partial charge in [-0.25, -0.2) is 0 Å². The van der Waals surface area contributed by atoms with Gasteiger partial charge in [0, 0.05) is 12.2 Å². The van der Waals surface area contributed by atoms with Gasteiger partial charge in [-0.1, -0.05) is 24.3 Å². The molecule has 2 nitrogen and oxygen atoms in total. The van der Waals surface area contributed by atoms with Gasteiger partial charge in [0.15, 0.2) is 0 Å². The van der Waals surface area contributed by atoms with Crippen molar-refractivity contribution in [3.05, 3.63) is 42.0 Å². The average molecular weight is 226 g/mol. The Labute approximate surface area is 102 Å². The minimum atomic E-state index is 0.926. The Morgan fingerprint density at radius 3 is 2.35 bits per heavy atom. The minimum absolute atomic E-state index is 0.926. The van der Waals surface area contributed by atoms with E-state index in [1.54, 1.807) is 0 Å². The zero-order valence-corrected chi connectivity index (χ0v) is 10.0. The highest BCUT2D eigenvalue weighted by Crippen LogP contribution is 2.24. The summed E-state index contributed by atoms with van der Waals surface area (Å²) in [5, 5.41) is 2.52. The highest BCUT2D eigenvalue weighted by Gasteiger charge is 2.13. The third kappa shape index (κ3) is 2.13. The van der Waals surface area contributed by atoms with Gasteiger partial charge in [0.1, 0.15) is 0 Å². The van der Waals surface area contributed by atoms with Crippen LogP contribution in [0.25, 0.3) is 10.8 Å². The number of nitrogens with two attached hydrogens (primary N) is 1. The second-order valence-corrected chi connectivity index (χ2v) is 4.88. The van der Waals surface area contributed by atoms with Gasteiger partial charge in [-0.2, -0.15) is 0 Å². The van der Waals surface area contributed by atoms with Gasteiger partial charge in [0.05, 0.1) is 0 Å². The molecule has 0 atom stereocenters. The Morgan fingerprint density at radius 2 is 1.65 bits per heavy atom. The largest absolute Gasteiger partial charge is 0.398 e. The Balaban J connectivity index is 1.95. The van der Waals surface area contributed by atoms with Crippen LogP contribution in [-0.2, 0) is 6.54 Å². The summed E-state index contributed by atoms with van der Waals surface area (Å²) in [6, 6.07) is 12.7. The molecule has 1 aliphatic heterocycles. The predicted octanol–water partition coefficient (Wildman–Crippen LogP) is 3.02. The lowest BCUT2D eigenvalue weighted by molar-refractivity contribution is 0.332. The summed E-state index contributed by atoms with van der Waals surface area (Å²) >= 11 is 0. The number of anilines is 1. The minimum Gasteiger partial charge on any atom is -0.398 e.